The lowest BCUT2D eigenvalue weighted by Gasteiger charge is -2.13. The first-order valence-corrected chi connectivity index (χ1v) is 4.76. The van der Waals surface area contributed by atoms with Gasteiger partial charge in [-0.1, -0.05) is 5.16 Å². The molecule has 0 atom stereocenters. The van der Waals surface area contributed by atoms with Crippen LogP contribution in [-0.2, 0) is 6.42 Å². The average Bonchev–Trinajstić information content (AvgIpc) is 2.77. The third-order valence-corrected chi connectivity index (χ3v) is 2.82. The van der Waals surface area contributed by atoms with Gasteiger partial charge in [0.15, 0.2) is 5.69 Å². The molecule has 74 valence electrons. The number of nitrogens with zero attached hydrogens (tertiary/aromatic N) is 2. The minimum absolute atomic E-state index is 0.0863. The van der Waals surface area contributed by atoms with Gasteiger partial charge in [0, 0.05) is 12.6 Å². The molecule has 1 aromatic heterocycles. The van der Waals surface area contributed by atoms with Crippen LogP contribution in [0, 0.1) is 0 Å². The van der Waals surface area contributed by atoms with E-state index in [1.54, 1.807) is 0 Å². The summed E-state index contributed by atoms with van der Waals surface area (Å²) in [6.45, 7) is 0.877. The van der Waals surface area contributed by atoms with E-state index in [4.69, 9.17) is 9.63 Å². The Bertz CT molecular complexity index is 395. The third-order valence-electron chi connectivity index (χ3n) is 2.82. The van der Waals surface area contributed by atoms with Crippen molar-refractivity contribution in [1.29, 1.82) is 0 Å². The largest absolute Gasteiger partial charge is 0.476 e. The first kappa shape index (κ1) is 7.84. The van der Waals surface area contributed by atoms with E-state index in [0.717, 1.165) is 18.5 Å². The van der Waals surface area contributed by atoms with Gasteiger partial charge in [-0.15, -0.1) is 0 Å². The first-order chi connectivity index (χ1) is 6.77. The maximum absolute atomic E-state index is 10.8. The van der Waals surface area contributed by atoms with E-state index in [0.29, 0.717) is 11.9 Å². The third kappa shape index (κ3) is 0.950. The van der Waals surface area contributed by atoms with Gasteiger partial charge in [-0.2, -0.15) is 0 Å². The van der Waals surface area contributed by atoms with Crippen LogP contribution in [-0.4, -0.2) is 28.8 Å². The zero-order valence-corrected chi connectivity index (χ0v) is 7.56. The number of rotatable bonds is 2. The SMILES string of the molecule is O=C(O)c1noc2c1CCN2C1CC1. The molecule has 5 heteroatoms. The molecule has 0 unspecified atom stereocenters. The van der Waals surface area contributed by atoms with Gasteiger partial charge in [-0.05, 0) is 19.3 Å². The smallest absolute Gasteiger partial charge is 0.358 e. The molecule has 1 saturated carbocycles. The molecule has 2 aliphatic rings. The summed E-state index contributed by atoms with van der Waals surface area (Å²) in [7, 11) is 0. The van der Waals surface area contributed by atoms with Crippen LogP contribution >= 0.6 is 0 Å². The Kier molecular flexibility index (Phi) is 1.40. The molecule has 0 radical (unpaired) electrons. The number of hydrogen-bond acceptors (Lipinski definition) is 4. The van der Waals surface area contributed by atoms with Gasteiger partial charge in [0.25, 0.3) is 0 Å². The summed E-state index contributed by atoms with van der Waals surface area (Å²) in [5, 5.41) is 12.4. The van der Waals surface area contributed by atoms with Crippen molar-refractivity contribution in [3.05, 3.63) is 11.3 Å². The van der Waals surface area contributed by atoms with Crippen molar-refractivity contribution in [2.24, 2.45) is 0 Å². The second-order valence-corrected chi connectivity index (χ2v) is 3.79. The van der Waals surface area contributed by atoms with Crippen LogP contribution in [0.15, 0.2) is 4.52 Å². The molecule has 0 amide bonds. The van der Waals surface area contributed by atoms with Gasteiger partial charge in [0.2, 0.25) is 5.88 Å². The van der Waals surface area contributed by atoms with Crippen molar-refractivity contribution >= 4 is 11.9 Å². The summed E-state index contributed by atoms with van der Waals surface area (Å²) < 4.78 is 5.08. The average molecular weight is 194 g/mol. The fraction of sp³-hybridized carbons (Fsp3) is 0.556. The van der Waals surface area contributed by atoms with E-state index in [-0.39, 0.29) is 5.69 Å². The topological polar surface area (TPSA) is 66.6 Å². The number of hydrogen-bond donors (Lipinski definition) is 1. The number of carboxylic acid groups (broad SMARTS) is 1. The molecule has 1 aliphatic carbocycles. The van der Waals surface area contributed by atoms with E-state index < -0.39 is 5.97 Å². The van der Waals surface area contributed by atoms with Gasteiger partial charge in [0.05, 0.1) is 5.56 Å². The summed E-state index contributed by atoms with van der Waals surface area (Å²) in [6, 6.07) is 0.561. The van der Waals surface area contributed by atoms with E-state index in [1.807, 2.05) is 0 Å². The highest BCUT2D eigenvalue weighted by molar-refractivity contribution is 5.89. The summed E-state index contributed by atoms with van der Waals surface area (Å²) in [4.78, 5) is 12.9. The van der Waals surface area contributed by atoms with E-state index in [1.165, 1.54) is 12.8 Å². The second kappa shape index (κ2) is 2.50. The number of anilines is 1. The lowest BCUT2D eigenvalue weighted by atomic mass is 10.2. The lowest BCUT2D eigenvalue weighted by molar-refractivity contribution is 0.0684. The van der Waals surface area contributed by atoms with Crippen LogP contribution in [0.2, 0.25) is 0 Å². The van der Waals surface area contributed by atoms with Crippen molar-refractivity contribution in [1.82, 2.24) is 5.16 Å². The molecule has 1 N–H and O–H groups in total. The minimum Gasteiger partial charge on any atom is -0.476 e. The van der Waals surface area contributed by atoms with Crippen molar-refractivity contribution in [3.8, 4) is 0 Å². The number of carbonyl (C=O) groups is 1. The molecule has 3 rings (SSSR count). The normalized spacial score (nSPS) is 19.9. The Morgan fingerprint density at radius 2 is 2.36 bits per heavy atom. The Morgan fingerprint density at radius 1 is 1.57 bits per heavy atom. The zero-order chi connectivity index (χ0) is 9.71. The molecule has 0 saturated heterocycles. The molecule has 0 spiro atoms. The molecular weight excluding hydrogens is 184 g/mol. The van der Waals surface area contributed by atoms with Gasteiger partial charge >= 0.3 is 5.97 Å². The highest BCUT2D eigenvalue weighted by Gasteiger charge is 2.38. The zero-order valence-electron chi connectivity index (χ0n) is 7.56. The van der Waals surface area contributed by atoms with E-state index >= 15 is 0 Å². The van der Waals surface area contributed by atoms with E-state index in [2.05, 4.69) is 10.1 Å². The Labute approximate surface area is 80.3 Å². The van der Waals surface area contributed by atoms with Crippen LogP contribution in [0.3, 0.4) is 0 Å². The fourth-order valence-corrected chi connectivity index (χ4v) is 1.99. The molecule has 1 fully saturated rings. The van der Waals surface area contributed by atoms with Crippen molar-refractivity contribution in [2.45, 2.75) is 25.3 Å². The fourth-order valence-electron chi connectivity index (χ4n) is 1.99. The molecule has 14 heavy (non-hydrogen) atoms. The van der Waals surface area contributed by atoms with Gasteiger partial charge < -0.3 is 14.5 Å². The highest BCUT2D eigenvalue weighted by Crippen LogP contribution is 2.38. The van der Waals surface area contributed by atoms with Crippen LogP contribution in [0.5, 0.6) is 0 Å². The molecular formula is C9H10N2O3. The highest BCUT2D eigenvalue weighted by atomic mass is 16.5. The molecule has 5 nitrogen and oxygen atoms in total. The predicted molar refractivity (Wildman–Crippen MR) is 47.5 cm³/mol. The maximum Gasteiger partial charge on any atom is 0.358 e. The summed E-state index contributed by atoms with van der Waals surface area (Å²) >= 11 is 0. The van der Waals surface area contributed by atoms with Gasteiger partial charge in [-0.3, -0.25) is 0 Å². The van der Waals surface area contributed by atoms with Gasteiger partial charge in [-0.25, -0.2) is 4.79 Å². The summed E-state index contributed by atoms with van der Waals surface area (Å²) in [6.07, 6.45) is 3.11. The van der Waals surface area contributed by atoms with E-state index in [9.17, 15) is 4.79 Å². The first-order valence-electron chi connectivity index (χ1n) is 4.76. The van der Waals surface area contributed by atoms with Crippen LogP contribution in [0.1, 0.15) is 28.9 Å². The molecule has 0 aromatic carbocycles. The van der Waals surface area contributed by atoms with Gasteiger partial charge in [0.1, 0.15) is 0 Å². The van der Waals surface area contributed by atoms with Crippen LogP contribution < -0.4 is 4.90 Å². The van der Waals surface area contributed by atoms with Crippen molar-refractivity contribution in [3.63, 3.8) is 0 Å². The quantitative estimate of drug-likeness (QED) is 0.757. The Hall–Kier alpha value is -1.52. The monoisotopic (exact) mass is 194 g/mol. The van der Waals surface area contributed by atoms with Crippen LogP contribution in [0.25, 0.3) is 0 Å². The summed E-state index contributed by atoms with van der Waals surface area (Å²) in [5.74, 6) is -0.308. The standard InChI is InChI=1S/C9H10N2O3/c12-9(13)7-6-3-4-11(5-1-2-5)8(6)14-10-7/h5H,1-4H2,(H,12,13). The maximum atomic E-state index is 10.8. The number of aromatic nitrogens is 1. The number of fused-ring (bicyclic) bond motifs is 1. The summed E-state index contributed by atoms with van der Waals surface area (Å²) in [5.41, 5.74) is 0.854. The Balaban J connectivity index is 2.00. The number of carboxylic acids is 1. The molecule has 2 heterocycles. The second-order valence-electron chi connectivity index (χ2n) is 3.79. The molecule has 1 aliphatic heterocycles. The lowest BCUT2D eigenvalue weighted by Crippen LogP contribution is -2.22. The Morgan fingerprint density at radius 3 is 3.00 bits per heavy atom. The molecule has 0 bridgehead atoms. The van der Waals surface area contributed by atoms with Crippen molar-refractivity contribution in [2.75, 3.05) is 11.4 Å². The number of aromatic carboxylic acids is 1. The van der Waals surface area contributed by atoms with Crippen LogP contribution in [0.4, 0.5) is 5.88 Å². The van der Waals surface area contributed by atoms with Crippen molar-refractivity contribution < 1.29 is 14.4 Å². The minimum atomic E-state index is -0.993. The predicted octanol–water partition coefficient (Wildman–Crippen LogP) is 0.898. The molecule has 1 aromatic rings.